The predicted molar refractivity (Wildman–Crippen MR) is 62.7 cm³/mol. The van der Waals surface area contributed by atoms with Gasteiger partial charge in [0.15, 0.2) is 0 Å². The molecule has 2 rings (SSSR count). The number of ether oxygens (including phenoxy) is 1. The summed E-state index contributed by atoms with van der Waals surface area (Å²) in [6, 6.07) is -0.138. The lowest BCUT2D eigenvalue weighted by Gasteiger charge is -2.21. The third-order valence-electron chi connectivity index (χ3n) is 2.80. The van der Waals surface area contributed by atoms with Gasteiger partial charge in [-0.2, -0.15) is 4.98 Å². The molecule has 0 radical (unpaired) electrons. The molecule has 1 unspecified atom stereocenters. The number of carbonyl (C=O) groups is 1. The molecule has 1 aromatic rings. The van der Waals surface area contributed by atoms with Crippen LogP contribution in [0.3, 0.4) is 0 Å². The van der Waals surface area contributed by atoms with E-state index in [1.807, 2.05) is 20.8 Å². The summed E-state index contributed by atoms with van der Waals surface area (Å²) >= 11 is 0. The molecule has 7 heteroatoms. The predicted octanol–water partition coefficient (Wildman–Crippen LogP) is 0.102. The van der Waals surface area contributed by atoms with Crippen molar-refractivity contribution in [3.63, 3.8) is 0 Å². The first-order chi connectivity index (χ1) is 8.53. The average molecular weight is 254 g/mol. The van der Waals surface area contributed by atoms with Gasteiger partial charge in [0.1, 0.15) is 11.6 Å². The summed E-state index contributed by atoms with van der Waals surface area (Å²) in [4.78, 5) is 15.4. The largest absolute Gasteiger partial charge is 0.368 e. The van der Waals surface area contributed by atoms with Crippen LogP contribution >= 0.6 is 0 Å². The summed E-state index contributed by atoms with van der Waals surface area (Å²) in [5, 5.41) is 9.71. The van der Waals surface area contributed by atoms with Crippen LogP contribution in [0.25, 0.3) is 0 Å². The number of nitrogens with zero attached hydrogens (tertiary/aromatic N) is 2. The van der Waals surface area contributed by atoms with Crippen molar-refractivity contribution in [3.8, 4) is 0 Å². The molecule has 1 aliphatic rings. The number of amides is 1. The van der Waals surface area contributed by atoms with E-state index in [1.54, 1.807) is 0 Å². The van der Waals surface area contributed by atoms with Crippen LogP contribution in [0.5, 0.6) is 0 Å². The summed E-state index contributed by atoms with van der Waals surface area (Å²) in [6.45, 7) is 6.99. The van der Waals surface area contributed by atoms with Crippen LogP contribution in [0.15, 0.2) is 4.52 Å². The van der Waals surface area contributed by atoms with Gasteiger partial charge >= 0.3 is 0 Å². The lowest BCUT2D eigenvalue weighted by atomic mass is 10.1. The number of hydrogen-bond acceptors (Lipinski definition) is 6. The molecule has 2 N–H and O–H groups in total. The molecular weight excluding hydrogens is 236 g/mol. The Morgan fingerprint density at radius 1 is 1.56 bits per heavy atom. The first-order valence-electron chi connectivity index (χ1n) is 6.01. The summed E-state index contributed by atoms with van der Waals surface area (Å²) in [5.74, 6) is 0.955. The van der Waals surface area contributed by atoms with Gasteiger partial charge in [0.2, 0.25) is 17.6 Å². The van der Waals surface area contributed by atoms with Crippen molar-refractivity contribution in [1.29, 1.82) is 0 Å². The lowest BCUT2D eigenvalue weighted by Crippen LogP contribution is -2.47. The Morgan fingerprint density at radius 3 is 2.94 bits per heavy atom. The van der Waals surface area contributed by atoms with E-state index in [9.17, 15) is 4.79 Å². The molecule has 1 amide bonds. The van der Waals surface area contributed by atoms with Gasteiger partial charge in [0, 0.05) is 13.2 Å². The van der Waals surface area contributed by atoms with Gasteiger partial charge in [-0.05, 0) is 20.8 Å². The van der Waals surface area contributed by atoms with Crippen LogP contribution in [0.1, 0.15) is 38.5 Å². The maximum atomic E-state index is 11.0. The number of nitrogens with one attached hydrogen (secondary N) is 2. The molecule has 1 aliphatic heterocycles. The Hall–Kier alpha value is -1.47. The maximum Gasteiger partial charge on any atom is 0.245 e. The molecule has 100 valence electrons. The highest BCUT2D eigenvalue weighted by Gasteiger charge is 2.30. The highest BCUT2D eigenvalue weighted by molar-refractivity contribution is 5.78. The van der Waals surface area contributed by atoms with Crippen LogP contribution in [0.4, 0.5) is 0 Å². The Balaban J connectivity index is 2.08. The second-order valence-corrected chi connectivity index (χ2v) is 4.64. The molecule has 0 spiro atoms. The van der Waals surface area contributed by atoms with Gasteiger partial charge in [-0.25, -0.2) is 0 Å². The fraction of sp³-hybridized carbons (Fsp3) is 0.727. The average Bonchev–Trinajstić information content (AvgIpc) is 2.80. The first-order valence-corrected chi connectivity index (χ1v) is 6.01. The zero-order valence-electron chi connectivity index (χ0n) is 10.8. The quantitative estimate of drug-likeness (QED) is 0.792. The lowest BCUT2D eigenvalue weighted by molar-refractivity contribution is -0.121. The highest BCUT2D eigenvalue weighted by atomic mass is 16.5. The third-order valence-corrected chi connectivity index (χ3v) is 2.80. The minimum absolute atomic E-state index is 0.0272. The topological polar surface area (TPSA) is 89.3 Å². The van der Waals surface area contributed by atoms with Crippen LogP contribution in [0.2, 0.25) is 0 Å². The van der Waals surface area contributed by atoms with E-state index in [0.717, 1.165) is 0 Å². The molecule has 0 aromatic carbocycles. The summed E-state index contributed by atoms with van der Waals surface area (Å²) in [6.07, 6.45) is 0. The molecule has 1 aromatic heterocycles. The molecular formula is C11H18N4O3. The van der Waals surface area contributed by atoms with E-state index in [0.29, 0.717) is 24.9 Å². The van der Waals surface area contributed by atoms with E-state index in [4.69, 9.17) is 9.26 Å². The number of carbonyl (C=O) groups excluding carboxylic acids is 1. The van der Waals surface area contributed by atoms with Gasteiger partial charge in [-0.3, -0.25) is 10.1 Å². The number of piperazine rings is 1. The fourth-order valence-electron chi connectivity index (χ4n) is 1.79. The van der Waals surface area contributed by atoms with E-state index < -0.39 is 5.60 Å². The minimum atomic E-state index is -0.575. The van der Waals surface area contributed by atoms with E-state index in [1.165, 1.54) is 0 Å². The number of hydrogen-bond donors (Lipinski definition) is 2. The second kappa shape index (κ2) is 5.03. The van der Waals surface area contributed by atoms with Gasteiger partial charge in [-0.1, -0.05) is 5.16 Å². The molecule has 1 saturated heterocycles. The van der Waals surface area contributed by atoms with Crippen molar-refractivity contribution in [1.82, 2.24) is 20.8 Å². The zero-order valence-corrected chi connectivity index (χ0v) is 10.8. The fourth-order valence-corrected chi connectivity index (χ4v) is 1.79. The molecule has 1 atom stereocenters. The maximum absolute atomic E-state index is 11.0. The Morgan fingerprint density at radius 2 is 2.33 bits per heavy atom. The highest BCUT2D eigenvalue weighted by Crippen LogP contribution is 2.23. The monoisotopic (exact) mass is 254 g/mol. The molecule has 0 saturated carbocycles. The van der Waals surface area contributed by atoms with E-state index in [2.05, 4.69) is 20.8 Å². The van der Waals surface area contributed by atoms with Gasteiger partial charge < -0.3 is 14.6 Å². The van der Waals surface area contributed by atoms with Crippen molar-refractivity contribution in [2.45, 2.75) is 32.4 Å². The Labute approximate surface area is 105 Å². The summed E-state index contributed by atoms with van der Waals surface area (Å²) < 4.78 is 10.8. The van der Waals surface area contributed by atoms with Crippen molar-refractivity contribution in [3.05, 3.63) is 11.7 Å². The zero-order chi connectivity index (χ0) is 13.2. The van der Waals surface area contributed by atoms with Gasteiger partial charge in [0.25, 0.3) is 0 Å². The molecule has 0 aliphatic carbocycles. The number of rotatable bonds is 4. The van der Waals surface area contributed by atoms with Crippen molar-refractivity contribution < 1.29 is 14.1 Å². The second-order valence-electron chi connectivity index (χ2n) is 4.64. The van der Waals surface area contributed by atoms with Crippen molar-refractivity contribution in [2.24, 2.45) is 0 Å². The minimum Gasteiger partial charge on any atom is -0.368 e. The van der Waals surface area contributed by atoms with Crippen LogP contribution in [-0.4, -0.2) is 35.7 Å². The third kappa shape index (κ3) is 2.68. The summed E-state index contributed by atoms with van der Waals surface area (Å²) in [5.41, 5.74) is -0.575. The normalized spacial score (nSPS) is 20.8. The summed E-state index contributed by atoms with van der Waals surface area (Å²) in [7, 11) is 0. The molecule has 2 heterocycles. The van der Waals surface area contributed by atoms with Gasteiger partial charge in [0.05, 0.1) is 6.54 Å². The molecule has 18 heavy (non-hydrogen) atoms. The van der Waals surface area contributed by atoms with E-state index >= 15 is 0 Å². The van der Waals surface area contributed by atoms with Crippen LogP contribution < -0.4 is 10.6 Å². The van der Waals surface area contributed by atoms with Crippen LogP contribution in [0, 0.1) is 0 Å². The van der Waals surface area contributed by atoms with Crippen molar-refractivity contribution in [2.75, 3.05) is 19.7 Å². The molecule has 0 bridgehead atoms. The Bertz CT molecular complexity index is 420. The first kappa shape index (κ1) is 13.0. The van der Waals surface area contributed by atoms with Crippen molar-refractivity contribution >= 4 is 5.91 Å². The van der Waals surface area contributed by atoms with E-state index in [-0.39, 0.29) is 18.5 Å². The standard InChI is InChI=1S/C11H18N4O3/c1-4-17-11(2,3)10-14-9(18-15-10)7-5-13-8(16)6-12-7/h7,12H,4-6H2,1-3H3,(H,13,16). The Kier molecular flexibility index (Phi) is 3.63. The smallest absolute Gasteiger partial charge is 0.245 e. The number of aromatic nitrogens is 2. The molecule has 7 nitrogen and oxygen atoms in total. The SMILES string of the molecule is CCOC(C)(C)c1noc(C2CNC(=O)CN2)n1. The van der Waals surface area contributed by atoms with Gasteiger partial charge in [-0.15, -0.1) is 0 Å². The molecule has 1 fully saturated rings. The van der Waals surface area contributed by atoms with Crippen LogP contribution in [-0.2, 0) is 15.1 Å².